The van der Waals surface area contributed by atoms with Crippen molar-refractivity contribution >= 4 is 15.8 Å². The van der Waals surface area contributed by atoms with Crippen LogP contribution in [0.3, 0.4) is 0 Å². The summed E-state index contributed by atoms with van der Waals surface area (Å²) in [6.45, 7) is 1.92. The second-order valence-electron chi connectivity index (χ2n) is 3.92. The SMILES string of the molecule is CCCS(=O)(=O)CCn1ccc(=O)c(C(=O)O)c1. The first-order chi connectivity index (χ1) is 8.35. The molecule has 6 nitrogen and oxygen atoms in total. The van der Waals surface area contributed by atoms with Gasteiger partial charge in [-0.25, -0.2) is 13.2 Å². The molecule has 0 aliphatic carbocycles. The molecule has 7 heteroatoms. The summed E-state index contributed by atoms with van der Waals surface area (Å²) >= 11 is 0. The van der Waals surface area contributed by atoms with Crippen LogP contribution in [0.4, 0.5) is 0 Å². The number of carboxylic acids is 1. The van der Waals surface area contributed by atoms with Crippen LogP contribution < -0.4 is 5.43 Å². The first-order valence-corrected chi connectivity index (χ1v) is 7.31. The average Bonchev–Trinajstić information content (AvgIpc) is 2.27. The molecule has 0 unspecified atom stereocenters. The van der Waals surface area contributed by atoms with Crippen LogP contribution in [0.2, 0.25) is 0 Å². The monoisotopic (exact) mass is 273 g/mol. The van der Waals surface area contributed by atoms with Gasteiger partial charge in [-0.3, -0.25) is 4.79 Å². The molecule has 100 valence electrons. The van der Waals surface area contributed by atoms with Gasteiger partial charge in [-0.05, 0) is 6.42 Å². The van der Waals surface area contributed by atoms with Gasteiger partial charge in [-0.1, -0.05) is 6.92 Å². The third-order valence-electron chi connectivity index (χ3n) is 2.38. The summed E-state index contributed by atoms with van der Waals surface area (Å²) in [6, 6.07) is 1.12. The lowest BCUT2D eigenvalue weighted by molar-refractivity contribution is 0.0694. The van der Waals surface area contributed by atoms with Gasteiger partial charge in [0.25, 0.3) is 0 Å². The van der Waals surface area contributed by atoms with Gasteiger partial charge in [0.05, 0.1) is 5.75 Å². The fourth-order valence-corrected chi connectivity index (χ4v) is 2.80. The molecule has 0 bridgehead atoms. The number of rotatable bonds is 6. The lowest BCUT2D eigenvalue weighted by Gasteiger charge is -2.07. The van der Waals surface area contributed by atoms with E-state index in [-0.39, 0.29) is 23.6 Å². The largest absolute Gasteiger partial charge is 0.477 e. The molecule has 1 aromatic heterocycles. The van der Waals surface area contributed by atoms with Crippen LogP contribution in [-0.4, -0.2) is 35.6 Å². The van der Waals surface area contributed by atoms with E-state index in [1.165, 1.54) is 10.8 Å². The number of aromatic carboxylic acids is 1. The quantitative estimate of drug-likeness (QED) is 0.808. The van der Waals surface area contributed by atoms with Crippen molar-refractivity contribution in [3.8, 4) is 0 Å². The number of carbonyl (C=O) groups is 1. The van der Waals surface area contributed by atoms with Crippen molar-refractivity contribution in [1.29, 1.82) is 0 Å². The lowest BCUT2D eigenvalue weighted by Crippen LogP contribution is -2.20. The Morgan fingerprint density at radius 2 is 2.06 bits per heavy atom. The fourth-order valence-electron chi connectivity index (χ4n) is 1.48. The maximum atomic E-state index is 11.5. The van der Waals surface area contributed by atoms with E-state index in [4.69, 9.17) is 5.11 Å². The Kier molecular flexibility index (Phi) is 4.66. The molecular weight excluding hydrogens is 258 g/mol. The number of aromatic nitrogens is 1. The van der Waals surface area contributed by atoms with Gasteiger partial charge in [0.15, 0.2) is 15.3 Å². The summed E-state index contributed by atoms with van der Waals surface area (Å²) in [5.74, 6) is -1.27. The normalized spacial score (nSPS) is 11.4. The van der Waals surface area contributed by atoms with Gasteiger partial charge in [0, 0.05) is 30.8 Å². The molecule has 0 spiro atoms. The van der Waals surface area contributed by atoms with E-state index in [9.17, 15) is 18.0 Å². The Bertz CT molecular complexity index is 588. The second kappa shape index (κ2) is 5.81. The molecule has 0 aliphatic rings. The number of hydrogen-bond acceptors (Lipinski definition) is 4. The van der Waals surface area contributed by atoms with Gasteiger partial charge < -0.3 is 9.67 Å². The van der Waals surface area contributed by atoms with Crippen molar-refractivity contribution in [3.05, 3.63) is 34.2 Å². The van der Waals surface area contributed by atoms with Crippen molar-refractivity contribution in [2.24, 2.45) is 0 Å². The molecule has 0 amide bonds. The molecule has 0 atom stereocenters. The second-order valence-corrected chi connectivity index (χ2v) is 6.22. The van der Waals surface area contributed by atoms with E-state index in [2.05, 4.69) is 0 Å². The van der Waals surface area contributed by atoms with Gasteiger partial charge in [-0.2, -0.15) is 0 Å². The van der Waals surface area contributed by atoms with Gasteiger partial charge in [0.2, 0.25) is 0 Å². The van der Waals surface area contributed by atoms with Crippen LogP contribution in [0.5, 0.6) is 0 Å². The van der Waals surface area contributed by atoms with Crippen LogP contribution in [0.15, 0.2) is 23.3 Å². The molecule has 0 saturated carbocycles. The van der Waals surface area contributed by atoms with Crippen LogP contribution in [0.25, 0.3) is 0 Å². The molecular formula is C11H15NO5S. The zero-order valence-corrected chi connectivity index (χ0v) is 10.8. The molecule has 1 heterocycles. The Morgan fingerprint density at radius 1 is 1.39 bits per heavy atom. The van der Waals surface area contributed by atoms with Gasteiger partial charge in [-0.15, -0.1) is 0 Å². The Labute approximate surface area is 105 Å². The van der Waals surface area contributed by atoms with E-state index in [1.807, 2.05) is 0 Å². The topological polar surface area (TPSA) is 93.4 Å². The maximum absolute atomic E-state index is 11.5. The van der Waals surface area contributed by atoms with Crippen molar-refractivity contribution in [3.63, 3.8) is 0 Å². The van der Waals surface area contributed by atoms with Crippen molar-refractivity contribution in [1.82, 2.24) is 4.57 Å². The third kappa shape index (κ3) is 3.99. The molecule has 0 fully saturated rings. The number of hydrogen-bond donors (Lipinski definition) is 1. The van der Waals surface area contributed by atoms with Gasteiger partial charge >= 0.3 is 5.97 Å². The molecule has 1 N–H and O–H groups in total. The highest BCUT2D eigenvalue weighted by molar-refractivity contribution is 7.91. The summed E-state index contributed by atoms with van der Waals surface area (Å²) in [5, 5.41) is 8.77. The minimum atomic E-state index is -3.12. The predicted molar refractivity (Wildman–Crippen MR) is 66.6 cm³/mol. The van der Waals surface area contributed by atoms with E-state index in [0.29, 0.717) is 6.42 Å². The van der Waals surface area contributed by atoms with Crippen LogP contribution in [0, 0.1) is 0 Å². The van der Waals surface area contributed by atoms with Crippen LogP contribution in [-0.2, 0) is 16.4 Å². The Hall–Kier alpha value is -1.63. The Morgan fingerprint density at radius 3 is 2.61 bits per heavy atom. The summed E-state index contributed by atoms with van der Waals surface area (Å²) in [5.41, 5.74) is -0.944. The van der Waals surface area contributed by atoms with Crippen LogP contribution >= 0.6 is 0 Å². The van der Waals surface area contributed by atoms with Crippen molar-refractivity contribution < 1.29 is 18.3 Å². The van der Waals surface area contributed by atoms with Crippen molar-refractivity contribution in [2.75, 3.05) is 11.5 Å². The smallest absolute Gasteiger partial charge is 0.341 e. The summed E-state index contributed by atoms with van der Waals surface area (Å²) in [4.78, 5) is 22.0. The van der Waals surface area contributed by atoms with Crippen molar-refractivity contribution in [2.45, 2.75) is 19.9 Å². The molecule has 1 aromatic rings. The number of pyridine rings is 1. The third-order valence-corrected chi connectivity index (χ3v) is 4.22. The molecule has 0 aliphatic heterocycles. The highest BCUT2D eigenvalue weighted by atomic mass is 32.2. The summed E-state index contributed by atoms with van der Waals surface area (Å²) in [6.07, 6.45) is 3.09. The molecule has 0 saturated heterocycles. The minimum Gasteiger partial charge on any atom is -0.477 e. The fraction of sp³-hybridized carbons (Fsp3) is 0.455. The molecule has 0 aromatic carbocycles. The average molecular weight is 273 g/mol. The lowest BCUT2D eigenvalue weighted by atomic mass is 10.3. The van der Waals surface area contributed by atoms with E-state index in [0.717, 1.165) is 12.3 Å². The first-order valence-electron chi connectivity index (χ1n) is 5.49. The van der Waals surface area contributed by atoms with E-state index >= 15 is 0 Å². The number of aryl methyl sites for hydroxylation is 1. The zero-order valence-electron chi connectivity index (χ0n) is 10.00. The Balaban J connectivity index is 2.84. The number of nitrogens with zero attached hydrogens (tertiary/aromatic N) is 1. The number of carboxylic acid groups (broad SMARTS) is 1. The molecule has 18 heavy (non-hydrogen) atoms. The number of sulfone groups is 1. The zero-order chi connectivity index (χ0) is 13.8. The highest BCUT2D eigenvalue weighted by Gasteiger charge is 2.11. The highest BCUT2D eigenvalue weighted by Crippen LogP contribution is 1.98. The standard InChI is InChI=1S/C11H15NO5S/c1-2-6-18(16,17)7-5-12-4-3-10(13)9(8-12)11(14)15/h3-4,8H,2,5-7H2,1H3,(H,14,15). The van der Waals surface area contributed by atoms with E-state index in [1.54, 1.807) is 6.92 Å². The van der Waals surface area contributed by atoms with Crippen LogP contribution in [0.1, 0.15) is 23.7 Å². The predicted octanol–water partition coefficient (Wildman–Crippen LogP) is 0.371. The maximum Gasteiger partial charge on any atom is 0.341 e. The first kappa shape index (κ1) is 14.4. The minimum absolute atomic E-state index is 0.0667. The van der Waals surface area contributed by atoms with Gasteiger partial charge in [0.1, 0.15) is 5.56 Å². The molecule has 0 radical (unpaired) electrons. The summed E-state index contributed by atoms with van der Waals surface area (Å²) in [7, 11) is -3.12. The molecule has 1 rings (SSSR count). The summed E-state index contributed by atoms with van der Waals surface area (Å²) < 4.78 is 24.4. The van der Waals surface area contributed by atoms with E-state index < -0.39 is 21.2 Å².